The number of nitrogens with zero attached hydrogens (tertiary/aromatic N) is 1. The normalized spacial score (nSPS) is 17.1. The van der Waals surface area contributed by atoms with E-state index in [1.807, 2.05) is 12.1 Å². The lowest BCUT2D eigenvalue weighted by atomic mass is 9.89. The van der Waals surface area contributed by atoms with E-state index in [0.717, 1.165) is 19.3 Å². The number of hydrogen-bond donors (Lipinski definition) is 1. The summed E-state index contributed by atoms with van der Waals surface area (Å²) in [4.78, 5) is 0. The van der Waals surface area contributed by atoms with Gasteiger partial charge in [-0.15, -0.1) is 0 Å². The third kappa shape index (κ3) is 2.21. The summed E-state index contributed by atoms with van der Waals surface area (Å²) in [6.45, 7) is 0. The van der Waals surface area contributed by atoms with Gasteiger partial charge in [-0.1, -0.05) is 30.3 Å². The van der Waals surface area contributed by atoms with Crippen LogP contribution in [-0.2, 0) is 6.42 Å². The highest BCUT2D eigenvalue weighted by molar-refractivity contribution is 5.63. The van der Waals surface area contributed by atoms with E-state index in [-0.39, 0.29) is 6.10 Å². The Morgan fingerprint density at radius 3 is 2.85 bits per heavy atom. The number of anilines is 1. The van der Waals surface area contributed by atoms with Crippen LogP contribution in [0.5, 0.6) is 5.75 Å². The number of benzene rings is 2. The molecule has 20 heavy (non-hydrogen) atoms. The van der Waals surface area contributed by atoms with Gasteiger partial charge in [-0.2, -0.15) is 5.26 Å². The molecule has 3 rings (SSSR count). The second-order valence-corrected chi connectivity index (χ2v) is 5.03. The Morgan fingerprint density at radius 1 is 1.15 bits per heavy atom. The van der Waals surface area contributed by atoms with Crippen LogP contribution in [0.1, 0.15) is 35.6 Å². The number of rotatable bonds is 2. The Kier molecular flexibility index (Phi) is 3.30. The third-order valence-electron chi connectivity index (χ3n) is 3.77. The first-order valence-electron chi connectivity index (χ1n) is 6.82. The van der Waals surface area contributed by atoms with Crippen LogP contribution in [-0.4, -0.2) is 0 Å². The molecule has 0 amide bonds. The summed E-state index contributed by atoms with van der Waals surface area (Å²) >= 11 is 0. The van der Waals surface area contributed by atoms with Gasteiger partial charge in [-0.3, -0.25) is 0 Å². The molecule has 0 aromatic heterocycles. The largest absolute Gasteiger partial charge is 0.484 e. The topological polar surface area (TPSA) is 59.0 Å². The van der Waals surface area contributed by atoms with E-state index < -0.39 is 0 Å². The number of ether oxygens (including phenoxy) is 1. The van der Waals surface area contributed by atoms with Gasteiger partial charge in [0.05, 0.1) is 11.3 Å². The molecule has 100 valence electrons. The summed E-state index contributed by atoms with van der Waals surface area (Å²) in [7, 11) is 0. The van der Waals surface area contributed by atoms with E-state index in [1.165, 1.54) is 11.1 Å². The maximum atomic E-state index is 9.02. The van der Waals surface area contributed by atoms with Crippen LogP contribution in [0.4, 0.5) is 5.69 Å². The quantitative estimate of drug-likeness (QED) is 0.843. The van der Waals surface area contributed by atoms with Crippen LogP contribution in [0.25, 0.3) is 0 Å². The number of aryl methyl sites for hydroxylation is 1. The van der Waals surface area contributed by atoms with Gasteiger partial charge < -0.3 is 10.5 Å². The highest BCUT2D eigenvalue weighted by Gasteiger charge is 2.22. The molecule has 1 aliphatic rings. The minimum Gasteiger partial charge on any atom is -0.484 e. The molecule has 3 nitrogen and oxygen atoms in total. The van der Waals surface area contributed by atoms with Gasteiger partial charge in [-0.05, 0) is 42.5 Å². The Balaban J connectivity index is 1.92. The summed E-state index contributed by atoms with van der Waals surface area (Å²) in [5, 5.41) is 9.02. The minimum absolute atomic E-state index is 0.0243. The first-order chi connectivity index (χ1) is 9.79. The van der Waals surface area contributed by atoms with Crippen LogP contribution >= 0.6 is 0 Å². The van der Waals surface area contributed by atoms with E-state index in [9.17, 15) is 0 Å². The number of hydrogen-bond acceptors (Lipinski definition) is 3. The Labute approximate surface area is 118 Å². The molecule has 2 aromatic carbocycles. The average molecular weight is 264 g/mol. The van der Waals surface area contributed by atoms with Crippen molar-refractivity contribution in [1.82, 2.24) is 0 Å². The smallest absolute Gasteiger partial charge is 0.144 e. The molecule has 0 saturated carbocycles. The summed E-state index contributed by atoms with van der Waals surface area (Å²) in [6, 6.07) is 15.8. The summed E-state index contributed by atoms with van der Waals surface area (Å²) in [5.41, 5.74) is 9.46. The Bertz CT molecular complexity index is 673. The molecule has 1 atom stereocenters. The lowest BCUT2D eigenvalue weighted by molar-refractivity contribution is 0.184. The van der Waals surface area contributed by atoms with E-state index in [1.54, 1.807) is 12.1 Å². The average Bonchev–Trinajstić information content (AvgIpc) is 2.50. The minimum atomic E-state index is 0.0243. The van der Waals surface area contributed by atoms with Crippen molar-refractivity contribution in [3.05, 3.63) is 59.2 Å². The summed E-state index contributed by atoms with van der Waals surface area (Å²) < 4.78 is 6.08. The van der Waals surface area contributed by atoms with Crippen LogP contribution in [0, 0.1) is 11.3 Å². The molecule has 0 saturated heterocycles. The van der Waals surface area contributed by atoms with Crippen molar-refractivity contribution in [2.75, 3.05) is 5.73 Å². The number of para-hydroxylation sites is 1. The highest BCUT2D eigenvalue weighted by atomic mass is 16.5. The van der Waals surface area contributed by atoms with Crippen molar-refractivity contribution in [2.24, 2.45) is 0 Å². The summed E-state index contributed by atoms with van der Waals surface area (Å²) in [6.07, 6.45) is 3.22. The van der Waals surface area contributed by atoms with E-state index in [4.69, 9.17) is 15.7 Å². The first-order valence-corrected chi connectivity index (χ1v) is 6.82. The lowest BCUT2D eigenvalue weighted by Crippen LogP contribution is -2.15. The van der Waals surface area contributed by atoms with E-state index >= 15 is 0 Å². The van der Waals surface area contributed by atoms with Gasteiger partial charge in [0.15, 0.2) is 0 Å². The lowest BCUT2D eigenvalue weighted by Gasteiger charge is -2.26. The standard InChI is InChI=1S/C17H16N2O/c18-11-13-7-4-10-16(17(13)19)20-15-9-3-6-12-5-1-2-8-14(12)15/h1-2,4-5,7-8,10,15H,3,6,9,19H2. The molecule has 0 bridgehead atoms. The SMILES string of the molecule is N#Cc1cccc(OC2CCCc3ccccc32)c1N. The number of nitriles is 1. The number of fused-ring (bicyclic) bond motifs is 1. The molecular weight excluding hydrogens is 248 g/mol. The van der Waals surface area contributed by atoms with E-state index in [0.29, 0.717) is 17.0 Å². The molecule has 3 heteroatoms. The van der Waals surface area contributed by atoms with Crippen LogP contribution in [0.3, 0.4) is 0 Å². The zero-order valence-electron chi connectivity index (χ0n) is 11.2. The van der Waals surface area contributed by atoms with Crippen molar-refractivity contribution in [3.8, 4) is 11.8 Å². The first kappa shape index (κ1) is 12.6. The molecule has 1 unspecified atom stereocenters. The molecule has 0 spiro atoms. The predicted molar refractivity (Wildman–Crippen MR) is 78.3 cm³/mol. The zero-order valence-corrected chi connectivity index (χ0v) is 11.2. The second-order valence-electron chi connectivity index (χ2n) is 5.03. The van der Waals surface area contributed by atoms with Gasteiger partial charge in [0.2, 0.25) is 0 Å². The molecule has 0 fully saturated rings. The van der Waals surface area contributed by atoms with Gasteiger partial charge in [0.1, 0.15) is 17.9 Å². The molecular formula is C17H16N2O. The molecule has 1 aliphatic carbocycles. The van der Waals surface area contributed by atoms with Crippen molar-refractivity contribution in [1.29, 1.82) is 5.26 Å². The molecule has 2 aromatic rings. The van der Waals surface area contributed by atoms with Crippen molar-refractivity contribution in [3.63, 3.8) is 0 Å². The molecule has 0 heterocycles. The van der Waals surface area contributed by atoms with Gasteiger partial charge in [0.25, 0.3) is 0 Å². The third-order valence-corrected chi connectivity index (χ3v) is 3.77. The maximum absolute atomic E-state index is 9.02. The fourth-order valence-corrected chi connectivity index (χ4v) is 2.73. The molecule has 0 radical (unpaired) electrons. The van der Waals surface area contributed by atoms with Gasteiger partial charge in [-0.25, -0.2) is 0 Å². The maximum Gasteiger partial charge on any atom is 0.144 e. The second kappa shape index (κ2) is 5.26. The van der Waals surface area contributed by atoms with Gasteiger partial charge >= 0.3 is 0 Å². The monoisotopic (exact) mass is 264 g/mol. The van der Waals surface area contributed by atoms with Crippen LogP contribution in [0.2, 0.25) is 0 Å². The Hall–Kier alpha value is -2.47. The molecule has 0 aliphatic heterocycles. The fraction of sp³-hybridized carbons (Fsp3) is 0.235. The van der Waals surface area contributed by atoms with Crippen molar-refractivity contribution in [2.45, 2.75) is 25.4 Å². The molecule has 2 N–H and O–H groups in total. The van der Waals surface area contributed by atoms with Crippen LogP contribution in [0.15, 0.2) is 42.5 Å². The zero-order chi connectivity index (χ0) is 13.9. The van der Waals surface area contributed by atoms with Gasteiger partial charge in [0, 0.05) is 0 Å². The number of nitrogens with two attached hydrogens (primary N) is 1. The van der Waals surface area contributed by atoms with Crippen LogP contribution < -0.4 is 10.5 Å². The predicted octanol–water partition coefficient (Wildman–Crippen LogP) is 3.60. The van der Waals surface area contributed by atoms with Crippen molar-refractivity contribution >= 4 is 5.69 Å². The fourth-order valence-electron chi connectivity index (χ4n) is 2.73. The highest BCUT2D eigenvalue weighted by Crippen LogP contribution is 2.36. The van der Waals surface area contributed by atoms with E-state index in [2.05, 4.69) is 24.3 Å². The summed E-state index contributed by atoms with van der Waals surface area (Å²) in [5.74, 6) is 0.603. The van der Waals surface area contributed by atoms with Crippen molar-refractivity contribution < 1.29 is 4.74 Å². The Morgan fingerprint density at radius 2 is 2.00 bits per heavy atom. The number of nitrogen functional groups attached to an aromatic ring is 1.